The summed E-state index contributed by atoms with van der Waals surface area (Å²) in [5.74, 6) is 0.473. The second-order valence-electron chi connectivity index (χ2n) is 4.82. The predicted molar refractivity (Wildman–Crippen MR) is 81.9 cm³/mol. The number of para-hydroxylation sites is 1. The van der Waals surface area contributed by atoms with Crippen molar-refractivity contribution in [1.82, 2.24) is 0 Å². The molecule has 0 atom stereocenters. The number of rotatable bonds is 5. The molecule has 2 aromatic rings. The molecule has 0 fully saturated rings. The molecule has 0 unspecified atom stereocenters. The molecule has 1 heterocycles. The van der Waals surface area contributed by atoms with Crippen LogP contribution < -0.4 is 14.2 Å². The number of nitro benzene ring substituents is 1. The molecule has 1 aliphatic rings. The van der Waals surface area contributed by atoms with Crippen LogP contribution in [0.2, 0.25) is 0 Å². The van der Waals surface area contributed by atoms with Gasteiger partial charge in [0, 0.05) is 17.7 Å². The minimum absolute atomic E-state index is 0.0851. The Hall–Kier alpha value is -2.81. The first-order valence-electron chi connectivity index (χ1n) is 6.57. The van der Waals surface area contributed by atoms with Crippen LogP contribution in [-0.2, 0) is 15.8 Å². The summed E-state index contributed by atoms with van der Waals surface area (Å²) < 4.78 is 37.2. The summed E-state index contributed by atoms with van der Waals surface area (Å²) in [7, 11) is -3.81. The van der Waals surface area contributed by atoms with E-state index in [0.717, 1.165) is 0 Å². The van der Waals surface area contributed by atoms with Crippen molar-refractivity contribution in [3.8, 4) is 11.5 Å². The highest BCUT2D eigenvalue weighted by molar-refractivity contribution is 7.91. The summed E-state index contributed by atoms with van der Waals surface area (Å²) in [6, 6.07) is 10.3. The smallest absolute Gasteiger partial charge is 0.273 e. The highest BCUT2D eigenvalue weighted by Crippen LogP contribution is 2.34. The van der Waals surface area contributed by atoms with Crippen LogP contribution in [0.25, 0.3) is 0 Å². The van der Waals surface area contributed by atoms with E-state index in [9.17, 15) is 18.5 Å². The predicted octanol–water partition coefficient (Wildman–Crippen LogP) is 2.27. The lowest BCUT2D eigenvalue weighted by atomic mass is 10.2. The van der Waals surface area contributed by atoms with E-state index in [1.165, 1.54) is 30.3 Å². The fraction of sp³-hybridized carbons (Fsp3) is 0.143. The van der Waals surface area contributed by atoms with Gasteiger partial charge >= 0.3 is 0 Å². The number of anilines is 1. The van der Waals surface area contributed by atoms with Crippen molar-refractivity contribution in [2.75, 3.05) is 11.5 Å². The van der Waals surface area contributed by atoms with E-state index in [4.69, 9.17) is 9.47 Å². The van der Waals surface area contributed by atoms with Gasteiger partial charge in [-0.1, -0.05) is 18.2 Å². The Balaban J connectivity index is 1.81. The Kier molecular flexibility index (Phi) is 3.78. The molecule has 0 spiro atoms. The Morgan fingerprint density at radius 3 is 2.65 bits per heavy atom. The van der Waals surface area contributed by atoms with Crippen LogP contribution in [-0.4, -0.2) is 20.1 Å². The van der Waals surface area contributed by atoms with Gasteiger partial charge in [0.15, 0.2) is 11.5 Å². The number of sulfonamides is 1. The Bertz CT molecular complexity index is 865. The zero-order chi connectivity index (χ0) is 16.4. The molecule has 0 amide bonds. The van der Waals surface area contributed by atoms with Crippen molar-refractivity contribution >= 4 is 21.4 Å². The number of benzene rings is 2. The fourth-order valence-corrected chi connectivity index (χ4v) is 3.40. The maximum Gasteiger partial charge on any atom is 0.273 e. The maximum atomic E-state index is 12.2. The summed E-state index contributed by atoms with van der Waals surface area (Å²) in [5, 5.41) is 11.0. The summed E-state index contributed by atoms with van der Waals surface area (Å²) in [5.41, 5.74) is 0.183. The second kappa shape index (κ2) is 5.76. The monoisotopic (exact) mass is 336 g/mol. The van der Waals surface area contributed by atoms with Crippen molar-refractivity contribution < 1.29 is 22.8 Å². The minimum Gasteiger partial charge on any atom is -0.454 e. The largest absolute Gasteiger partial charge is 0.454 e. The van der Waals surface area contributed by atoms with E-state index in [1.54, 1.807) is 12.1 Å². The molecule has 0 bridgehead atoms. The zero-order valence-electron chi connectivity index (χ0n) is 11.8. The number of hydrogen-bond acceptors (Lipinski definition) is 6. The van der Waals surface area contributed by atoms with Gasteiger partial charge in [0.1, 0.15) is 5.75 Å². The zero-order valence-corrected chi connectivity index (χ0v) is 12.6. The van der Waals surface area contributed by atoms with Crippen molar-refractivity contribution in [2.45, 2.75) is 5.75 Å². The molecule has 0 aromatic heterocycles. The van der Waals surface area contributed by atoms with Crippen LogP contribution in [0, 0.1) is 10.1 Å². The Morgan fingerprint density at radius 1 is 1.13 bits per heavy atom. The van der Waals surface area contributed by atoms with Gasteiger partial charge in [-0.2, -0.15) is 0 Å². The van der Waals surface area contributed by atoms with Crippen LogP contribution in [0.3, 0.4) is 0 Å². The molecule has 1 aliphatic heterocycles. The average Bonchev–Trinajstić information content (AvgIpc) is 2.94. The first kappa shape index (κ1) is 15.1. The number of nitrogens with zero attached hydrogens (tertiary/aromatic N) is 1. The van der Waals surface area contributed by atoms with Gasteiger partial charge in [0.2, 0.25) is 16.8 Å². The average molecular weight is 336 g/mol. The lowest BCUT2D eigenvalue weighted by molar-refractivity contribution is -0.385. The molecule has 8 nitrogen and oxygen atoms in total. The Labute approximate surface area is 131 Å². The summed E-state index contributed by atoms with van der Waals surface area (Å²) >= 11 is 0. The van der Waals surface area contributed by atoms with Crippen LogP contribution in [0.5, 0.6) is 11.5 Å². The highest BCUT2D eigenvalue weighted by atomic mass is 32.2. The van der Waals surface area contributed by atoms with E-state index >= 15 is 0 Å². The van der Waals surface area contributed by atoms with Crippen molar-refractivity contribution in [2.24, 2.45) is 0 Å². The molecule has 0 saturated carbocycles. The third kappa shape index (κ3) is 3.34. The third-order valence-electron chi connectivity index (χ3n) is 3.18. The second-order valence-corrected chi connectivity index (χ2v) is 6.54. The number of hydrogen-bond donors (Lipinski definition) is 1. The molecule has 9 heteroatoms. The molecule has 23 heavy (non-hydrogen) atoms. The maximum absolute atomic E-state index is 12.2. The van der Waals surface area contributed by atoms with Gasteiger partial charge in [-0.3, -0.25) is 14.8 Å². The minimum atomic E-state index is -3.81. The van der Waals surface area contributed by atoms with E-state index in [-0.39, 0.29) is 18.0 Å². The van der Waals surface area contributed by atoms with Crippen LogP contribution in [0.15, 0.2) is 42.5 Å². The standard InChI is InChI=1S/C14H12N2O6S/c17-16(18)12-4-2-1-3-10(12)8-23(19,20)15-11-5-6-13-14(7-11)22-9-21-13/h1-7,15H,8-9H2. The van der Waals surface area contributed by atoms with Gasteiger partial charge in [0.05, 0.1) is 10.6 Å². The summed E-state index contributed by atoms with van der Waals surface area (Å²) in [6.07, 6.45) is 0. The fourth-order valence-electron chi connectivity index (χ4n) is 2.19. The van der Waals surface area contributed by atoms with E-state index < -0.39 is 20.7 Å². The molecule has 0 aliphatic carbocycles. The lowest BCUT2D eigenvalue weighted by Crippen LogP contribution is -2.15. The number of nitro groups is 1. The van der Waals surface area contributed by atoms with Gasteiger partial charge in [-0.25, -0.2) is 8.42 Å². The lowest BCUT2D eigenvalue weighted by Gasteiger charge is -2.09. The molecule has 120 valence electrons. The quantitative estimate of drug-likeness (QED) is 0.663. The molecule has 0 saturated heterocycles. The van der Waals surface area contributed by atoms with Gasteiger partial charge in [-0.15, -0.1) is 0 Å². The van der Waals surface area contributed by atoms with E-state index in [2.05, 4.69) is 4.72 Å². The summed E-state index contributed by atoms with van der Waals surface area (Å²) in [4.78, 5) is 10.3. The van der Waals surface area contributed by atoms with Crippen molar-refractivity contribution in [3.63, 3.8) is 0 Å². The van der Waals surface area contributed by atoms with Crippen LogP contribution >= 0.6 is 0 Å². The molecule has 3 rings (SSSR count). The molecule has 2 aromatic carbocycles. The summed E-state index contributed by atoms with van der Waals surface area (Å²) in [6.45, 7) is 0.0851. The van der Waals surface area contributed by atoms with E-state index in [1.807, 2.05) is 0 Å². The number of fused-ring (bicyclic) bond motifs is 1. The Morgan fingerprint density at radius 2 is 1.87 bits per heavy atom. The number of ether oxygens (including phenoxy) is 2. The first-order chi connectivity index (χ1) is 10.9. The van der Waals surface area contributed by atoms with E-state index in [0.29, 0.717) is 17.2 Å². The molecule has 0 radical (unpaired) electrons. The molecular weight excluding hydrogens is 324 g/mol. The third-order valence-corrected chi connectivity index (χ3v) is 4.42. The SMILES string of the molecule is O=[N+]([O-])c1ccccc1CS(=O)(=O)Nc1ccc2c(c1)OCO2. The molecular formula is C14H12N2O6S. The highest BCUT2D eigenvalue weighted by Gasteiger charge is 2.21. The van der Waals surface area contributed by atoms with Crippen molar-refractivity contribution in [3.05, 3.63) is 58.1 Å². The molecule has 1 N–H and O–H groups in total. The topological polar surface area (TPSA) is 108 Å². The van der Waals surface area contributed by atoms with Gasteiger partial charge in [-0.05, 0) is 12.1 Å². The van der Waals surface area contributed by atoms with Crippen LogP contribution in [0.1, 0.15) is 5.56 Å². The van der Waals surface area contributed by atoms with Crippen molar-refractivity contribution in [1.29, 1.82) is 0 Å². The van der Waals surface area contributed by atoms with Gasteiger partial charge in [0.25, 0.3) is 5.69 Å². The normalized spacial score (nSPS) is 12.9. The first-order valence-corrected chi connectivity index (χ1v) is 8.22. The number of nitrogens with one attached hydrogen (secondary N) is 1. The van der Waals surface area contributed by atoms with Gasteiger partial charge < -0.3 is 9.47 Å². The van der Waals surface area contributed by atoms with Crippen LogP contribution in [0.4, 0.5) is 11.4 Å².